The maximum absolute atomic E-state index is 13.4. The third-order valence-corrected chi connectivity index (χ3v) is 3.58. The summed E-state index contributed by atoms with van der Waals surface area (Å²) in [5.41, 5.74) is 0.333. The predicted molar refractivity (Wildman–Crippen MR) is 68.2 cm³/mol. The Morgan fingerprint density at radius 2 is 2.33 bits per heavy atom. The van der Waals surface area contributed by atoms with Crippen molar-refractivity contribution in [1.29, 1.82) is 0 Å². The Labute approximate surface area is 113 Å². The highest BCUT2D eigenvalue weighted by Gasteiger charge is 2.16. The van der Waals surface area contributed by atoms with Crippen LogP contribution in [0.1, 0.15) is 5.56 Å². The molecule has 0 fully saturated rings. The molecule has 1 atom stereocenters. The van der Waals surface area contributed by atoms with E-state index in [4.69, 9.17) is 16.7 Å². The normalized spacial score (nSPS) is 11.9. The van der Waals surface area contributed by atoms with E-state index < -0.39 is 17.8 Å². The van der Waals surface area contributed by atoms with Gasteiger partial charge in [-0.3, -0.25) is 4.79 Å². The summed E-state index contributed by atoms with van der Waals surface area (Å²) in [6.07, 6.45) is 0.329. The summed E-state index contributed by atoms with van der Waals surface area (Å²) < 4.78 is 13.4. The maximum Gasteiger partial charge on any atom is 0.327 e. The first-order valence-corrected chi connectivity index (χ1v) is 6.52. The van der Waals surface area contributed by atoms with Crippen LogP contribution in [0.25, 0.3) is 0 Å². The molecule has 98 valence electrons. The third-order valence-electron chi connectivity index (χ3n) is 2.16. The lowest BCUT2D eigenvalue weighted by Gasteiger charge is -2.11. The van der Waals surface area contributed by atoms with Gasteiger partial charge in [0.1, 0.15) is 11.9 Å². The van der Waals surface area contributed by atoms with Crippen LogP contribution in [-0.4, -0.2) is 29.3 Å². The van der Waals surface area contributed by atoms with Crippen LogP contribution in [-0.2, 0) is 15.3 Å². The number of amides is 1. The number of rotatable bonds is 7. The average Bonchev–Trinajstić information content (AvgIpc) is 2.31. The van der Waals surface area contributed by atoms with E-state index in [1.165, 1.54) is 23.9 Å². The van der Waals surface area contributed by atoms with E-state index in [0.717, 1.165) is 0 Å². The Kier molecular flexibility index (Phi) is 5.94. The van der Waals surface area contributed by atoms with Crippen LogP contribution in [0.15, 0.2) is 18.2 Å². The zero-order chi connectivity index (χ0) is 13.5. The fraction of sp³-hybridized carbons (Fsp3) is 0.273. The summed E-state index contributed by atoms with van der Waals surface area (Å²) >= 11 is 7.01. The topological polar surface area (TPSA) is 66.4 Å². The van der Waals surface area contributed by atoms with Gasteiger partial charge in [-0.25, -0.2) is 9.18 Å². The molecule has 0 saturated carbocycles. The molecule has 0 bridgehead atoms. The van der Waals surface area contributed by atoms with Gasteiger partial charge >= 0.3 is 5.97 Å². The molecule has 2 N–H and O–H groups in total. The van der Waals surface area contributed by atoms with Crippen molar-refractivity contribution in [2.75, 3.05) is 5.75 Å². The number of aliphatic carboxylic acids is 1. The molecule has 0 saturated heterocycles. The van der Waals surface area contributed by atoms with Crippen LogP contribution in [0.4, 0.5) is 4.39 Å². The highest BCUT2D eigenvalue weighted by molar-refractivity contribution is 7.98. The number of carbonyl (C=O) groups is 2. The van der Waals surface area contributed by atoms with Gasteiger partial charge in [-0.05, 0) is 12.1 Å². The number of hydrogen-bond donors (Lipinski definition) is 2. The minimum Gasteiger partial charge on any atom is -0.480 e. The van der Waals surface area contributed by atoms with E-state index in [9.17, 15) is 14.0 Å². The molecule has 0 aliphatic rings. The molecular formula is C11H11ClFNO3S. The molecule has 1 aromatic rings. The maximum atomic E-state index is 13.4. The second-order valence-electron chi connectivity index (χ2n) is 3.39. The second kappa shape index (κ2) is 7.23. The predicted octanol–water partition coefficient (Wildman–Crippen LogP) is 1.91. The van der Waals surface area contributed by atoms with Crippen LogP contribution in [0, 0.1) is 5.82 Å². The molecule has 1 amide bonds. The standard InChI is InChI=1S/C11H11ClFNO3S/c12-8-2-1-3-9(13)7(8)4-18-5-10(11(16)17)14-6-15/h1-3,6,10H,4-5H2,(H,14,15)(H,16,17). The zero-order valence-corrected chi connectivity index (χ0v) is 10.8. The minimum absolute atomic E-state index is 0.138. The Morgan fingerprint density at radius 1 is 1.61 bits per heavy atom. The Hall–Kier alpha value is -1.27. The molecule has 0 aliphatic heterocycles. The fourth-order valence-electron chi connectivity index (χ4n) is 1.22. The molecule has 7 heteroatoms. The van der Waals surface area contributed by atoms with E-state index >= 15 is 0 Å². The van der Waals surface area contributed by atoms with Crippen LogP contribution >= 0.6 is 23.4 Å². The van der Waals surface area contributed by atoms with E-state index in [2.05, 4.69) is 5.32 Å². The SMILES string of the molecule is O=CNC(CSCc1c(F)cccc1Cl)C(=O)O. The lowest BCUT2D eigenvalue weighted by atomic mass is 10.2. The van der Waals surface area contributed by atoms with Crippen molar-refractivity contribution in [3.8, 4) is 0 Å². The molecule has 1 rings (SSSR count). The molecule has 18 heavy (non-hydrogen) atoms. The molecule has 4 nitrogen and oxygen atoms in total. The first-order chi connectivity index (χ1) is 8.56. The number of thioether (sulfide) groups is 1. The van der Waals surface area contributed by atoms with Gasteiger partial charge < -0.3 is 10.4 Å². The number of benzene rings is 1. The molecule has 1 aromatic carbocycles. The third kappa shape index (κ3) is 4.19. The smallest absolute Gasteiger partial charge is 0.327 e. The van der Waals surface area contributed by atoms with Crippen LogP contribution in [0.3, 0.4) is 0 Å². The summed E-state index contributed by atoms with van der Waals surface area (Å²) in [4.78, 5) is 20.9. The highest BCUT2D eigenvalue weighted by Crippen LogP contribution is 2.24. The highest BCUT2D eigenvalue weighted by atomic mass is 35.5. The van der Waals surface area contributed by atoms with Gasteiger partial charge in [-0.1, -0.05) is 17.7 Å². The molecule has 0 spiro atoms. The van der Waals surface area contributed by atoms with Crippen molar-refractivity contribution in [2.24, 2.45) is 0 Å². The molecule has 0 radical (unpaired) electrons. The van der Waals surface area contributed by atoms with Gasteiger partial charge in [0.05, 0.1) is 0 Å². The largest absolute Gasteiger partial charge is 0.480 e. The van der Waals surface area contributed by atoms with E-state index in [-0.39, 0.29) is 11.5 Å². The number of carboxylic acids is 1. The van der Waals surface area contributed by atoms with E-state index in [0.29, 0.717) is 17.0 Å². The van der Waals surface area contributed by atoms with Crippen molar-refractivity contribution in [2.45, 2.75) is 11.8 Å². The van der Waals surface area contributed by atoms with Crippen molar-refractivity contribution in [3.05, 3.63) is 34.6 Å². The fourth-order valence-corrected chi connectivity index (χ4v) is 2.62. The summed E-state index contributed by atoms with van der Waals surface area (Å²) in [6, 6.07) is 3.37. The van der Waals surface area contributed by atoms with Gasteiger partial charge in [0, 0.05) is 22.1 Å². The van der Waals surface area contributed by atoms with Crippen LogP contribution in [0.5, 0.6) is 0 Å². The monoisotopic (exact) mass is 291 g/mol. The Morgan fingerprint density at radius 3 is 2.89 bits per heavy atom. The van der Waals surface area contributed by atoms with Gasteiger partial charge in [-0.2, -0.15) is 11.8 Å². The van der Waals surface area contributed by atoms with E-state index in [1.54, 1.807) is 6.07 Å². The lowest BCUT2D eigenvalue weighted by molar-refractivity contribution is -0.139. The molecular weight excluding hydrogens is 281 g/mol. The van der Waals surface area contributed by atoms with Gasteiger partial charge in [-0.15, -0.1) is 0 Å². The summed E-state index contributed by atoms with van der Waals surface area (Å²) in [7, 11) is 0. The second-order valence-corrected chi connectivity index (χ2v) is 4.83. The zero-order valence-electron chi connectivity index (χ0n) is 9.23. The molecule has 0 aromatic heterocycles. The number of hydrogen-bond acceptors (Lipinski definition) is 3. The number of carbonyl (C=O) groups excluding carboxylic acids is 1. The van der Waals surface area contributed by atoms with Crippen LogP contribution in [0.2, 0.25) is 5.02 Å². The van der Waals surface area contributed by atoms with Gasteiger partial charge in [0.2, 0.25) is 6.41 Å². The average molecular weight is 292 g/mol. The summed E-state index contributed by atoms with van der Waals surface area (Å²) in [6.45, 7) is 0. The molecule has 0 aliphatic carbocycles. The van der Waals surface area contributed by atoms with Crippen molar-refractivity contribution < 1.29 is 19.1 Å². The first-order valence-electron chi connectivity index (χ1n) is 4.99. The minimum atomic E-state index is -1.13. The van der Waals surface area contributed by atoms with Crippen molar-refractivity contribution >= 4 is 35.7 Å². The van der Waals surface area contributed by atoms with Gasteiger partial charge in [0.25, 0.3) is 0 Å². The lowest BCUT2D eigenvalue weighted by Crippen LogP contribution is -2.37. The Bertz CT molecular complexity index is 424. The quantitative estimate of drug-likeness (QED) is 0.753. The van der Waals surface area contributed by atoms with Crippen molar-refractivity contribution in [1.82, 2.24) is 5.32 Å². The van der Waals surface area contributed by atoms with E-state index in [1.807, 2.05) is 0 Å². The van der Waals surface area contributed by atoms with Crippen molar-refractivity contribution in [3.63, 3.8) is 0 Å². The summed E-state index contributed by atoms with van der Waals surface area (Å²) in [5, 5.41) is 11.2. The molecule has 1 unspecified atom stereocenters. The first kappa shape index (κ1) is 14.8. The van der Waals surface area contributed by atoms with Gasteiger partial charge in [0.15, 0.2) is 0 Å². The Balaban J connectivity index is 2.55. The molecule has 0 heterocycles. The summed E-state index contributed by atoms with van der Waals surface area (Å²) in [5.74, 6) is -1.17. The number of carboxylic acid groups (broad SMARTS) is 1. The number of halogens is 2. The number of nitrogens with one attached hydrogen (secondary N) is 1. The van der Waals surface area contributed by atoms with Crippen LogP contribution < -0.4 is 5.32 Å².